The van der Waals surface area contributed by atoms with Crippen molar-refractivity contribution in [3.63, 3.8) is 0 Å². The number of ether oxygens (including phenoxy) is 5. The van der Waals surface area contributed by atoms with Crippen LogP contribution in [0.1, 0.15) is 48.5 Å². The van der Waals surface area contributed by atoms with Gasteiger partial charge in [0.1, 0.15) is 24.4 Å². The topological polar surface area (TPSA) is 63.2 Å². The fourth-order valence-electron chi connectivity index (χ4n) is 3.81. The van der Waals surface area contributed by atoms with Crippen molar-refractivity contribution < 1.29 is 28.5 Å². The first kappa shape index (κ1) is 18.8. The lowest BCUT2D eigenvalue weighted by atomic mass is 9.78. The molecule has 0 spiro atoms. The minimum atomic E-state index is -0.779. The maximum atomic E-state index is 12.5. The van der Waals surface area contributed by atoms with E-state index in [2.05, 4.69) is 6.58 Å². The summed E-state index contributed by atoms with van der Waals surface area (Å²) in [5.74, 6) is -2.04. The fraction of sp³-hybridized carbons (Fsp3) is 0.842. The molecular weight excluding hydrogens is 324 g/mol. The number of fused-ring (bicyclic) bond motifs is 3. The van der Waals surface area contributed by atoms with Crippen molar-refractivity contribution in [3.05, 3.63) is 12.7 Å². The molecule has 142 valence electrons. The third kappa shape index (κ3) is 3.37. The van der Waals surface area contributed by atoms with Gasteiger partial charge < -0.3 is 23.7 Å². The third-order valence-electron chi connectivity index (χ3n) is 4.86. The molecule has 0 N–H and O–H groups in total. The van der Waals surface area contributed by atoms with Crippen molar-refractivity contribution in [1.29, 1.82) is 0 Å². The average Bonchev–Trinajstić information content (AvgIpc) is 2.93. The van der Waals surface area contributed by atoms with Gasteiger partial charge in [-0.2, -0.15) is 0 Å². The van der Waals surface area contributed by atoms with Gasteiger partial charge in [-0.25, -0.2) is 0 Å². The molecule has 1 aliphatic carbocycles. The number of esters is 1. The van der Waals surface area contributed by atoms with E-state index in [-0.39, 0.29) is 30.2 Å². The molecule has 2 saturated heterocycles. The molecule has 0 aromatic carbocycles. The van der Waals surface area contributed by atoms with E-state index in [1.807, 2.05) is 48.5 Å². The van der Waals surface area contributed by atoms with E-state index in [1.165, 1.54) is 0 Å². The molecule has 1 saturated carbocycles. The van der Waals surface area contributed by atoms with E-state index in [0.717, 1.165) is 0 Å². The summed E-state index contributed by atoms with van der Waals surface area (Å²) in [4.78, 5) is 12.5. The Morgan fingerprint density at radius 2 is 1.36 bits per heavy atom. The van der Waals surface area contributed by atoms with Gasteiger partial charge in [-0.05, 0) is 48.5 Å². The second kappa shape index (κ2) is 5.78. The van der Waals surface area contributed by atoms with Gasteiger partial charge in [0.15, 0.2) is 11.6 Å². The van der Waals surface area contributed by atoms with Gasteiger partial charge in [0.2, 0.25) is 0 Å². The molecule has 3 fully saturated rings. The zero-order valence-corrected chi connectivity index (χ0v) is 16.2. The number of hydrogen-bond acceptors (Lipinski definition) is 6. The van der Waals surface area contributed by atoms with Crippen LogP contribution in [0.3, 0.4) is 0 Å². The molecule has 3 rings (SSSR count). The first-order valence-corrected chi connectivity index (χ1v) is 8.89. The van der Waals surface area contributed by atoms with Gasteiger partial charge in [-0.15, -0.1) is 6.58 Å². The number of rotatable bonds is 2. The van der Waals surface area contributed by atoms with Crippen molar-refractivity contribution in [3.8, 4) is 0 Å². The molecule has 0 aromatic rings. The van der Waals surface area contributed by atoms with E-state index in [4.69, 9.17) is 23.7 Å². The first-order chi connectivity index (χ1) is 11.3. The monoisotopic (exact) mass is 354 g/mol. The predicted molar refractivity (Wildman–Crippen MR) is 90.7 cm³/mol. The van der Waals surface area contributed by atoms with Gasteiger partial charge >= 0.3 is 5.97 Å². The highest BCUT2D eigenvalue weighted by atomic mass is 16.8. The molecule has 25 heavy (non-hydrogen) atoms. The lowest BCUT2D eigenvalue weighted by molar-refractivity contribution is -0.189. The lowest BCUT2D eigenvalue weighted by Gasteiger charge is -2.42. The van der Waals surface area contributed by atoms with Crippen LogP contribution in [0.25, 0.3) is 0 Å². The summed E-state index contributed by atoms with van der Waals surface area (Å²) in [6.45, 7) is 16.9. The van der Waals surface area contributed by atoms with Crippen LogP contribution in [0.5, 0.6) is 0 Å². The van der Waals surface area contributed by atoms with E-state index in [0.29, 0.717) is 0 Å². The molecular formula is C19H30O6. The van der Waals surface area contributed by atoms with Crippen LogP contribution in [-0.2, 0) is 28.5 Å². The Labute approximate surface area is 149 Å². The van der Waals surface area contributed by atoms with Crippen LogP contribution in [0, 0.1) is 11.3 Å². The number of hydrogen-bond donors (Lipinski definition) is 0. The van der Waals surface area contributed by atoms with Gasteiger partial charge in [0, 0.05) is 5.92 Å². The second-order valence-corrected chi connectivity index (χ2v) is 9.06. The van der Waals surface area contributed by atoms with Crippen LogP contribution in [0.4, 0.5) is 0 Å². The molecule has 0 bridgehead atoms. The first-order valence-electron chi connectivity index (χ1n) is 8.89. The Bertz CT molecular complexity index is 561. The minimum Gasteiger partial charge on any atom is -0.458 e. The SMILES string of the molecule is C=C[C@@H]1[C@H](OC(=O)C(C)(C)C)[C@@H]2OC(C)(C)O[C@H]2[C@H]2OC(C)(C)O[C@@H]12. The van der Waals surface area contributed by atoms with E-state index in [1.54, 1.807) is 6.08 Å². The quantitative estimate of drug-likeness (QED) is 0.561. The average molecular weight is 354 g/mol. The zero-order chi connectivity index (χ0) is 18.8. The van der Waals surface area contributed by atoms with E-state index in [9.17, 15) is 4.79 Å². The fourth-order valence-corrected chi connectivity index (χ4v) is 3.81. The largest absolute Gasteiger partial charge is 0.458 e. The van der Waals surface area contributed by atoms with Crippen LogP contribution < -0.4 is 0 Å². The molecule has 0 unspecified atom stereocenters. The van der Waals surface area contributed by atoms with Crippen LogP contribution in [0.15, 0.2) is 12.7 Å². The van der Waals surface area contributed by atoms with E-state index >= 15 is 0 Å². The Kier molecular flexibility index (Phi) is 4.35. The Balaban J connectivity index is 1.95. The predicted octanol–water partition coefficient (Wildman–Crippen LogP) is 2.80. The molecule has 6 atom stereocenters. The van der Waals surface area contributed by atoms with Gasteiger partial charge in [-0.1, -0.05) is 6.08 Å². The summed E-state index contributed by atoms with van der Waals surface area (Å²) in [5, 5.41) is 0. The van der Waals surface area contributed by atoms with Crippen molar-refractivity contribution in [1.82, 2.24) is 0 Å². The standard InChI is InChI=1S/C19H30O6/c1-9-10-11(21-16(20)17(2,3)4)13-15(25-19(7,8)23-13)14-12(10)22-18(5,6)24-14/h9-15H,1H2,2-8H3/t10-,11+,12+,13+,14+,15-/m1/s1. The molecule has 6 heteroatoms. The molecule has 0 radical (unpaired) electrons. The lowest BCUT2D eigenvalue weighted by Crippen LogP contribution is -2.59. The number of carbonyl (C=O) groups is 1. The maximum absolute atomic E-state index is 12.5. The Hall–Kier alpha value is -0.950. The smallest absolute Gasteiger partial charge is 0.311 e. The molecule has 2 aliphatic heterocycles. The summed E-state index contributed by atoms with van der Waals surface area (Å²) >= 11 is 0. The van der Waals surface area contributed by atoms with Gasteiger partial charge in [-0.3, -0.25) is 4.79 Å². The summed E-state index contributed by atoms with van der Waals surface area (Å²) < 4.78 is 30.3. The highest BCUT2D eigenvalue weighted by Crippen LogP contribution is 2.48. The minimum absolute atomic E-state index is 0.239. The molecule has 2 heterocycles. The Morgan fingerprint density at radius 3 is 1.84 bits per heavy atom. The van der Waals surface area contributed by atoms with Crippen molar-refractivity contribution >= 4 is 5.97 Å². The van der Waals surface area contributed by atoms with E-state index < -0.39 is 29.2 Å². The van der Waals surface area contributed by atoms with Crippen LogP contribution in [-0.4, -0.2) is 48.1 Å². The normalized spacial score (nSPS) is 41.7. The van der Waals surface area contributed by atoms with Crippen molar-refractivity contribution in [2.75, 3.05) is 0 Å². The summed E-state index contributed by atoms with van der Waals surface area (Å²) in [6, 6.07) is 0. The maximum Gasteiger partial charge on any atom is 0.311 e. The summed E-state index contributed by atoms with van der Waals surface area (Å²) in [7, 11) is 0. The summed E-state index contributed by atoms with van der Waals surface area (Å²) in [5.41, 5.74) is -0.612. The van der Waals surface area contributed by atoms with Gasteiger partial charge in [0.05, 0.1) is 11.5 Å². The Morgan fingerprint density at radius 1 is 0.920 bits per heavy atom. The summed E-state index contributed by atoms with van der Waals surface area (Å²) in [6.07, 6.45) is -0.152. The molecule has 3 aliphatic rings. The van der Waals surface area contributed by atoms with Crippen LogP contribution in [0.2, 0.25) is 0 Å². The molecule has 0 amide bonds. The third-order valence-corrected chi connectivity index (χ3v) is 4.86. The highest BCUT2D eigenvalue weighted by Gasteiger charge is 2.64. The second-order valence-electron chi connectivity index (χ2n) is 9.06. The number of carbonyl (C=O) groups excluding carboxylic acids is 1. The molecule has 6 nitrogen and oxygen atoms in total. The molecule has 0 aromatic heterocycles. The van der Waals surface area contributed by atoms with Crippen molar-refractivity contribution in [2.45, 2.75) is 90.6 Å². The highest BCUT2D eigenvalue weighted by molar-refractivity contribution is 5.75. The zero-order valence-electron chi connectivity index (χ0n) is 16.2. The van der Waals surface area contributed by atoms with Crippen LogP contribution >= 0.6 is 0 Å². The van der Waals surface area contributed by atoms with Crippen molar-refractivity contribution in [2.24, 2.45) is 11.3 Å². The van der Waals surface area contributed by atoms with Gasteiger partial charge in [0.25, 0.3) is 0 Å².